The number of carbonyl (C=O) groups excluding carboxylic acids is 1. The van der Waals surface area contributed by atoms with Crippen LogP contribution >= 0.6 is 0 Å². The van der Waals surface area contributed by atoms with Crippen LogP contribution in [0.1, 0.15) is 21.6 Å². The molecule has 1 N–H and O–H groups in total. The summed E-state index contributed by atoms with van der Waals surface area (Å²) in [6.07, 6.45) is 1.68. The first-order valence-electron chi connectivity index (χ1n) is 11.8. The smallest absolute Gasteiger partial charge is 0.295 e. The van der Waals surface area contributed by atoms with Crippen LogP contribution in [-0.2, 0) is 7.05 Å². The molecule has 0 fully saturated rings. The van der Waals surface area contributed by atoms with E-state index in [1.54, 1.807) is 36.6 Å². The summed E-state index contributed by atoms with van der Waals surface area (Å²) in [6, 6.07) is 24.6. The third kappa shape index (κ3) is 4.45. The highest BCUT2D eigenvalue weighted by molar-refractivity contribution is 6.08. The molecular formula is C29H27N5O3. The van der Waals surface area contributed by atoms with E-state index in [1.807, 2.05) is 85.8 Å². The fourth-order valence-corrected chi connectivity index (χ4v) is 4.25. The van der Waals surface area contributed by atoms with Crippen LogP contribution in [0.4, 0.5) is 5.69 Å². The van der Waals surface area contributed by atoms with Gasteiger partial charge in [-0.25, -0.2) is 9.36 Å². The molecule has 1 amide bonds. The van der Waals surface area contributed by atoms with Crippen molar-refractivity contribution in [2.45, 2.75) is 13.8 Å². The summed E-state index contributed by atoms with van der Waals surface area (Å²) in [5, 5.41) is 7.61. The van der Waals surface area contributed by atoms with Crippen molar-refractivity contribution in [2.24, 2.45) is 7.05 Å². The van der Waals surface area contributed by atoms with Crippen LogP contribution in [0.3, 0.4) is 0 Å². The first-order valence-corrected chi connectivity index (χ1v) is 11.8. The van der Waals surface area contributed by atoms with E-state index in [1.165, 1.54) is 4.68 Å². The number of anilines is 1. The van der Waals surface area contributed by atoms with Crippen LogP contribution in [0.2, 0.25) is 0 Å². The number of para-hydroxylation sites is 1. The number of methoxy groups -OCH3 is 1. The van der Waals surface area contributed by atoms with Gasteiger partial charge < -0.3 is 10.1 Å². The summed E-state index contributed by atoms with van der Waals surface area (Å²) >= 11 is 0. The molecule has 37 heavy (non-hydrogen) atoms. The standard InChI is InChI=1S/C29H27N5O3/c1-19-13-15-22(16-14-19)33-18-25(27(31-33)21-9-8-12-24(17-21)37-4)28(35)30-26-20(2)32(3)34(29(26)36)23-10-6-5-7-11-23/h5-18H,1-4H3,(H,30,35). The van der Waals surface area contributed by atoms with Crippen molar-refractivity contribution < 1.29 is 9.53 Å². The molecule has 0 unspecified atom stereocenters. The largest absolute Gasteiger partial charge is 0.497 e. The first kappa shape index (κ1) is 23.9. The van der Waals surface area contributed by atoms with Crippen LogP contribution in [0.5, 0.6) is 5.75 Å². The van der Waals surface area contributed by atoms with Crippen LogP contribution in [0.25, 0.3) is 22.6 Å². The summed E-state index contributed by atoms with van der Waals surface area (Å²) in [7, 11) is 3.38. The van der Waals surface area contributed by atoms with E-state index in [-0.39, 0.29) is 11.2 Å². The highest BCUT2D eigenvalue weighted by Crippen LogP contribution is 2.28. The first-order chi connectivity index (χ1) is 17.9. The van der Waals surface area contributed by atoms with Crippen LogP contribution in [-0.4, -0.2) is 32.2 Å². The zero-order valence-electron chi connectivity index (χ0n) is 21.1. The predicted molar refractivity (Wildman–Crippen MR) is 144 cm³/mol. The molecule has 0 saturated carbocycles. The Morgan fingerprint density at radius 1 is 0.919 bits per heavy atom. The second kappa shape index (κ2) is 9.66. The van der Waals surface area contributed by atoms with Crippen molar-refractivity contribution in [1.82, 2.24) is 19.1 Å². The number of aryl methyl sites for hydroxylation is 1. The van der Waals surface area contributed by atoms with Gasteiger partial charge in [-0.3, -0.25) is 14.3 Å². The number of benzene rings is 3. The van der Waals surface area contributed by atoms with Gasteiger partial charge in [-0.05, 0) is 50.2 Å². The van der Waals surface area contributed by atoms with E-state index in [0.29, 0.717) is 28.4 Å². The maximum atomic E-state index is 13.7. The number of amides is 1. The zero-order chi connectivity index (χ0) is 26.1. The fraction of sp³-hybridized carbons (Fsp3) is 0.138. The van der Waals surface area contributed by atoms with E-state index in [4.69, 9.17) is 9.84 Å². The SMILES string of the molecule is COc1cccc(-c2nn(-c3ccc(C)cc3)cc2C(=O)Nc2c(C)n(C)n(-c3ccccc3)c2=O)c1. The zero-order valence-corrected chi connectivity index (χ0v) is 21.1. The second-order valence-electron chi connectivity index (χ2n) is 8.79. The van der Waals surface area contributed by atoms with Gasteiger partial charge in [-0.2, -0.15) is 5.10 Å². The molecule has 5 aromatic rings. The lowest BCUT2D eigenvalue weighted by molar-refractivity contribution is 0.102. The number of hydrogen-bond acceptors (Lipinski definition) is 4. The molecule has 8 nitrogen and oxygen atoms in total. The molecular weight excluding hydrogens is 466 g/mol. The molecule has 3 aromatic carbocycles. The average molecular weight is 494 g/mol. The predicted octanol–water partition coefficient (Wildman–Crippen LogP) is 4.91. The van der Waals surface area contributed by atoms with Gasteiger partial charge in [0.25, 0.3) is 11.5 Å². The maximum Gasteiger partial charge on any atom is 0.295 e. The molecule has 2 aromatic heterocycles. The number of nitrogens with zero attached hydrogens (tertiary/aromatic N) is 4. The molecule has 186 valence electrons. The Bertz CT molecular complexity index is 1640. The van der Waals surface area contributed by atoms with Crippen molar-refractivity contribution in [3.63, 3.8) is 0 Å². The molecule has 0 atom stereocenters. The molecule has 0 aliphatic carbocycles. The van der Waals surface area contributed by atoms with Gasteiger partial charge in [0.2, 0.25) is 0 Å². The molecule has 0 aliphatic heterocycles. The Morgan fingerprint density at radius 3 is 2.35 bits per heavy atom. The molecule has 0 bridgehead atoms. The number of ether oxygens (including phenoxy) is 1. The lowest BCUT2D eigenvalue weighted by Gasteiger charge is -2.07. The van der Waals surface area contributed by atoms with E-state index < -0.39 is 5.91 Å². The van der Waals surface area contributed by atoms with Gasteiger partial charge in [0, 0.05) is 18.8 Å². The molecule has 0 saturated heterocycles. The van der Waals surface area contributed by atoms with Crippen LogP contribution in [0, 0.1) is 13.8 Å². The normalized spacial score (nSPS) is 10.9. The summed E-state index contributed by atoms with van der Waals surface area (Å²) < 4.78 is 10.3. The minimum absolute atomic E-state index is 0.219. The summed E-state index contributed by atoms with van der Waals surface area (Å²) in [4.78, 5) is 27.0. The highest BCUT2D eigenvalue weighted by atomic mass is 16.5. The Balaban J connectivity index is 1.59. The quantitative estimate of drug-likeness (QED) is 0.365. The Labute approximate surface area is 214 Å². The monoisotopic (exact) mass is 493 g/mol. The minimum Gasteiger partial charge on any atom is -0.497 e. The third-order valence-corrected chi connectivity index (χ3v) is 6.39. The van der Waals surface area contributed by atoms with Crippen LogP contribution < -0.4 is 15.6 Å². The number of hydrogen-bond donors (Lipinski definition) is 1. The van der Waals surface area contributed by atoms with Crippen molar-refractivity contribution >= 4 is 11.6 Å². The van der Waals surface area contributed by atoms with Crippen molar-refractivity contribution in [3.05, 3.63) is 112 Å². The lowest BCUT2D eigenvalue weighted by atomic mass is 10.1. The summed E-state index contributed by atoms with van der Waals surface area (Å²) in [5.41, 5.74) is 4.73. The highest BCUT2D eigenvalue weighted by Gasteiger charge is 2.23. The van der Waals surface area contributed by atoms with E-state index in [9.17, 15) is 9.59 Å². The van der Waals surface area contributed by atoms with E-state index in [2.05, 4.69) is 5.32 Å². The minimum atomic E-state index is -0.429. The van der Waals surface area contributed by atoms with Gasteiger partial charge in [0.1, 0.15) is 17.1 Å². The number of rotatable bonds is 6. The van der Waals surface area contributed by atoms with Crippen molar-refractivity contribution in [3.8, 4) is 28.4 Å². The van der Waals surface area contributed by atoms with Gasteiger partial charge in [0.05, 0.1) is 29.7 Å². The average Bonchev–Trinajstić information content (AvgIpc) is 3.45. The Hall–Kier alpha value is -4.85. The molecule has 0 radical (unpaired) electrons. The van der Waals surface area contributed by atoms with E-state index >= 15 is 0 Å². The van der Waals surface area contributed by atoms with Gasteiger partial charge in [-0.1, -0.05) is 48.0 Å². The third-order valence-electron chi connectivity index (χ3n) is 6.39. The molecule has 0 aliphatic rings. The van der Waals surface area contributed by atoms with E-state index in [0.717, 1.165) is 16.8 Å². The molecule has 2 heterocycles. The Morgan fingerprint density at radius 2 is 1.65 bits per heavy atom. The van der Waals surface area contributed by atoms with Gasteiger partial charge in [0.15, 0.2) is 0 Å². The number of aromatic nitrogens is 4. The number of carbonyl (C=O) groups is 1. The molecule has 8 heteroatoms. The van der Waals surface area contributed by atoms with Gasteiger partial charge in [-0.15, -0.1) is 0 Å². The molecule has 0 spiro atoms. The van der Waals surface area contributed by atoms with Crippen molar-refractivity contribution in [2.75, 3.05) is 12.4 Å². The topological polar surface area (TPSA) is 83.1 Å². The Kier molecular flexibility index (Phi) is 6.23. The maximum absolute atomic E-state index is 13.7. The molecule has 5 rings (SSSR count). The van der Waals surface area contributed by atoms with Gasteiger partial charge >= 0.3 is 0 Å². The lowest BCUT2D eigenvalue weighted by Crippen LogP contribution is -2.23. The fourth-order valence-electron chi connectivity index (χ4n) is 4.25. The van der Waals surface area contributed by atoms with Crippen molar-refractivity contribution in [1.29, 1.82) is 0 Å². The second-order valence-corrected chi connectivity index (χ2v) is 8.79. The van der Waals surface area contributed by atoms with Crippen LogP contribution in [0.15, 0.2) is 89.9 Å². The summed E-state index contributed by atoms with van der Waals surface area (Å²) in [5.74, 6) is 0.223. The summed E-state index contributed by atoms with van der Waals surface area (Å²) in [6.45, 7) is 3.81. The number of nitrogens with one attached hydrogen (secondary N) is 1.